The van der Waals surface area contributed by atoms with Crippen LogP contribution in [0.2, 0.25) is 5.02 Å². The van der Waals surface area contributed by atoms with Crippen LogP contribution in [0.5, 0.6) is 5.88 Å². The molecule has 0 atom stereocenters. The van der Waals surface area contributed by atoms with Crippen LogP contribution in [0.4, 0.5) is 11.4 Å². The minimum Gasteiger partial charge on any atom is -0.493 e. The molecule has 0 aliphatic heterocycles. The Morgan fingerprint density at radius 1 is 1.03 bits per heavy atom. The number of azo groups is 1. The van der Waals surface area contributed by atoms with Gasteiger partial charge in [-0.05, 0) is 54.1 Å². The van der Waals surface area contributed by atoms with E-state index in [1.54, 1.807) is 30.3 Å². The number of hydrogen-bond acceptors (Lipinski definition) is 6. The highest BCUT2D eigenvalue weighted by Gasteiger charge is 2.18. The number of aromatic amines is 1. The molecule has 4 aromatic rings. The minimum atomic E-state index is -3.87. The molecule has 0 saturated carbocycles. The summed E-state index contributed by atoms with van der Waals surface area (Å²) in [5.41, 5.74) is 1.52. The SMILES string of the molecule is O=C(O)c1cccc(N=Nc2c(O)[nH]c3ccc(S(=O)(=O)NCc4ccc(Cl)cc4)cc23)c1. The van der Waals surface area contributed by atoms with Crippen LogP contribution in [0, 0.1) is 0 Å². The monoisotopic (exact) mass is 484 g/mol. The third kappa shape index (κ3) is 5.03. The summed E-state index contributed by atoms with van der Waals surface area (Å²) in [7, 11) is -3.87. The summed E-state index contributed by atoms with van der Waals surface area (Å²) >= 11 is 5.85. The molecular formula is C22H17ClN4O5S. The average molecular weight is 485 g/mol. The molecule has 4 N–H and O–H groups in total. The predicted octanol–water partition coefficient (Wildman–Crippen LogP) is 5.12. The van der Waals surface area contributed by atoms with Gasteiger partial charge in [0.25, 0.3) is 0 Å². The standard InChI is InChI=1S/C22H17ClN4O5S/c23-15-6-4-13(5-7-15)12-24-33(31,32)17-8-9-19-18(11-17)20(21(28)25-19)27-26-16-3-1-2-14(10-16)22(29)30/h1-11,24-25,28H,12H2,(H,29,30). The fourth-order valence-electron chi connectivity index (χ4n) is 3.08. The second-order valence-corrected chi connectivity index (χ2v) is 9.24. The summed E-state index contributed by atoms with van der Waals surface area (Å²) in [6.45, 7) is 0.0718. The highest BCUT2D eigenvalue weighted by Crippen LogP contribution is 2.37. The van der Waals surface area contributed by atoms with Gasteiger partial charge in [-0.3, -0.25) is 0 Å². The molecular weight excluding hydrogens is 468 g/mol. The normalized spacial score (nSPS) is 11.9. The van der Waals surface area contributed by atoms with Gasteiger partial charge < -0.3 is 15.2 Å². The maximum Gasteiger partial charge on any atom is 0.335 e. The number of nitrogens with one attached hydrogen (secondary N) is 2. The molecule has 0 spiro atoms. The number of fused-ring (bicyclic) bond motifs is 1. The average Bonchev–Trinajstić information content (AvgIpc) is 3.11. The van der Waals surface area contributed by atoms with Crippen molar-refractivity contribution in [3.63, 3.8) is 0 Å². The zero-order valence-electron chi connectivity index (χ0n) is 16.9. The van der Waals surface area contributed by atoms with Crippen LogP contribution in [-0.4, -0.2) is 29.6 Å². The van der Waals surface area contributed by atoms with Crippen molar-refractivity contribution in [3.05, 3.63) is 82.9 Å². The Bertz CT molecular complexity index is 1480. The summed E-state index contributed by atoms with van der Waals surface area (Å²) in [4.78, 5) is 13.8. The molecule has 0 radical (unpaired) electrons. The van der Waals surface area contributed by atoms with Crippen molar-refractivity contribution in [1.82, 2.24) is 9.71 Å². The molecule has 0 aliphatic carbocycles. The number of halogens is 1. The van der Waals surface area contributed by atoms with Gasteiger partial charge in [0, 0.05) is 17.0 Å². The van der Waals surface area contributed by atoms with Crippen molar-refractivity contribution in [1.29, 1.82) is 0 Å². The number of hydrogen-bond donors (Lipinski definition) is 4. The van der Waals surface area contributed by atoms with Crippen molar-refractivity contribution in [2.45, 2.75) is 11.4 Å². The number of rotatable bonds is 7. The lowest BCUT2D eigenvalue weighted by Crippen LogP contribution is -2.23. The van der Waals surface area contributed by atoms with Gasteiger partial charge in [0.2, 0.25) is 15.9 Å². The van der Waals surface area contributed by atoms with Crippen LogP contribution in [0.25, 0.3) is 10.9 Å². The quantitative estimate of drug-likeness (QED) is 0.269. The van der Waals surface area contributed by atoms with Gasteiger partial charge in [0.15, 0.2) is 5.69 Å². The van der Waals surface area contributed by atoms with Gasteiger partial charge in [-0.15, -0.1) is 5.11 Å². The maximum atomic E-state index is 12.8. The summed E-state index contributed by atoms with van der Waals surface area (Å²) in [5, 5.41) is 28.2. The van der Waals surface area contributed by atoms with Gasteiger partial charge in [0.1, 0.15) is 0 Å². The summed E-state index contributed by atoms with van der Waals surface area (Å²) in [5.74, 6) is -1.41. The van der Waals surface area contributed by atoms with E-state index in [4.69, 9.17) is 16.7 Å². The molecule has 1 aromatic heterocycles. The first-order valence-corrected chi connectivity index (χ1v) is 11.4. The van der Waals surface area contributed by atoms with Crippen LogP contribution in [0.15, 0.2) is 81.9 Å². The number of nitrogens with zero attached hydrogens (tertiary/aromatic N) is 2. The Morgan fingerprint density at radius 2 is 1.79 bits per heavy atom. The van der Waals surface area contributed by atoms with Gasteiger partial charge in [-0.1, -0.05) is 29.8 Å². The molecule has 168 valence electrons. The van der Waals surface area contributed by atoms with Crippen molar-refractivity contribution < 1.29 is 23.4 Å². The number of H-pyrrole nitrogens is 1. The van der Waals surface area contributed by atoms with E-state index in [9.17, 15) is 18.3 Å². The van der Waals surface area contributed by atoms with Gasteiger partial charge in [-0.2, -0.15) is 5.11 Å². The van der Waals surface area contributed by atoms with Crippen LogP contribution in [0.3, 0.4) is 0 Å². The van der Waals surface area contributed by atoms with Crippen LogP contribution in [-0.2, 0) is 16.6 Å². The zero-order valence-corrected chi connectivity index (χ0v) is 18.4. The number of carbonyl (C=O) groups is 1. The summed E-state index contributed by atoms with van der Waals surface area (Å²) in [6, 6.07) is 16.9. The third-order valence-electron chi connectivity index (χ3n) is 4.77. The lowest BCUT2D eigenvalue weighted by atomic mass is 10.2. The fourth-order valence-corrected chi connectivity index (χ4v) is 4.25. The highest BCUT2D eigenvalue weighted by molar-refractivity contribution is 7.89. The molecule has 1 heterocycles. The van der Waals surface area contributed by atoms with Gasteiger partial charge in [0.05, 0.1) is 21.7 Å². The Balaban J connectivity index is 1.63. The number of sulfonamides is 1. The molecule has 0 amide bonds. The predicted molar refractivity (Wildman–Crippen MR) is 123 cm³/mol. The van der Waals surface area contributed by atoms with E-state index in [-0.39, 0.29) is 34.3 Å². The van der Waals surface area contributed by atoms with E-state index in [2.05, 4.69) is 19.9 Å². The van der Waals surface area contributed by atoms with E-state index in [0.717, 1.165) is 5.56 Å². The first-order chi connectivity index (χ1) is 15.7. The van der Waals surface area contributed by atoms with E-state index < -0.39 is 16.0 Å². The molecule has 0 bridgehead atoms. The third-order valence-corrected chi connectivity index (χ3v) is 6.42. The second kappa shape index (κ2) is 9.02. The number of carboxylic acids is 1. The van der Waals surface area contributed by atoms with Gasteiger partial charge >= 0.3 is 5.97 Å². The Hall–Kier alpha value is -3.73. The Morgan fingerprint density at radius 3 is 2.52 bits per heavy atom. The van der Waals surface area contributed by atoms with E-state index in [1.165, 1.54) is 36.4 Å². The molecule has 11 heteroatoms. The number of carboxylic acid groups (broad SMARTS) is 1. The largest absolute Gasteiger partial charge is 0.493 e. The molecule has 0 saturated heterocycles. The van der Waals surface area contributed by atoms with Crippen molar-refractivity contribution >= 4 is 49.9 Å². The van der Waals surface area contributed by atoms with Crippen molar-refractivity contribution in [3.8, 4) is 5.88 Å². The van der Waals surface area contributed by atoms with Crippen LogP contribution < -0.4 is 4.72 Å². The van der Waals surface area contributed by atoms with Crippen molar-refractivity contribution in [2.24, 2.45) is 10.2 Å². The number of benzene rings is 3. The van der Waals surface area contributed by atoms with Gasteiger partial charge in [-0.25, -0.2) is 17.9 Å². The molecule has 0 fully saturated rings. The zero-order chi connectivity index (χ0) is 23.6. The van der Waals surface area contributed by atoms with Crippen LogP contribution >= 0.6 is 11.6 Å². The lowest BCUT2D eigenvalue weighted by Gasteiger charge is -2.07. The second-order valence-electron chi connectivity index (χ2n) is 7.04. The molecule has 33 heavy (non-hydrogen) atoms. The smallest absolute Gasteiger partial charge is 0.335 e. The molecule has 4 rings (SSSR count). The summed E-state index contributed by atoms with van der Waals surface area (Å²) in [6.07, 6.45) is 0. The molecule has 0 unspecified atom stereocenters. The molecule has 9 nitrogen and oxygen atoms in total. The number of aromatic carboxylic acids is 1. The minimum absolute atomic E-state index is 0.0210. The fraction of sp³-hybridized carbons (Fsp3) is 0.0455. The van der Waals surface area contributed by atoms with E-state index >= 15 is 0 Å². The number of aromatic nitrogens is 1. The molecule has 3 aromatic carbocycles. The Labute approximate surface area is 193 Å². The number of aromatic hydroxyl groups is 1. The lowest BCUT2D eigenvalue weighted by molar-refractivity contribution is 0.0697. The first-order valence-electron chi connectivity index (χ1n) is 9.57. The summed E-state index contributed by atoms with van der Waals surface area (Å²) < 4.78 is 28.1. The van der Waals surface area contributed by atoms with E-state index in [1.807, 2.05) is 0 Å². The van der Waals surface area contributed by atoms with Crippen molar-refractivity contribution in [2.75, 3.05) is 0 Å². The maximum absolute atomic E-state index is 12.8. The van der Waals surface area contributed by atoms with Crippen LogP contribution in [0.1, 0.15) is 15.9 Å². The molecule has 0 aliphatic rings. The first kappa shape index (κ1) is 22.5. The van der Waals surface area contributed by atoms with E-state index in [0.29, 0.717) is 15.9 Å². The highest BCUT2D eigenvalue weighted by atomic mass is 35.5. The Kier molecular flexibility index (Phi) is 6.14. The topological polar surface area (TPSA) is 144 Å².